The van der Waals surface area contributed by atoms with Crippen LogP contribution < -0.4 is 16.0 Å². The average Bonchev–Trinajstić information content (AvgIpc) is 2.79. The molecule has 5 N–H and O–H groups in total. The summed E-state index contributed by atoms with van der Waals surface area (Å²) < 4.78 is 0. The lowest BCUT2D eigenvalue weighted by Crippen LogP contribution is -2.54. The molecule has 2 aromatic rings. The van der Waals surface area contributed by atoms with Crippen LogP contribution in [0.15, 0.2) is 54.6 Å². The summed E-state index contributed by atoms with van der Waals surface area (Å²) in [7, 11) is 0. The molecule has 2 atom stereocenters. The monoisotopic (exact) mass is 452 g/mol. The molecule has 0 fully saturated rings. The third-order valence-corrected chi connectivity index (χ3v) is 4.83. The quantitative estimate of drug-likeness (QED) is 0.307. The van der Waals surface area contributed by atoms with E-state index in [2.05, 4.69) is 16.0 Å². The first-order chi connectivity index (χ1) is 15.8. The minimum absolute atomic E-state index is 0.000503. The van der Waals surface area contributed by atoms with Gasteiger partial charge in [0.15, 0.2) is 5.78 Å². The molecule has 9 heteroatoms. The van der Waals surface area contributed by atoms with E-state index in [4.69, 9.17) is 5.41 Å². The number of rotatable bonds is 12. The lowest BCUT2D eigenvalue weighted by molar-refractivity contribution is -0.132. The SMILES string of the molecule is CC(=O)N[C@@H](Cc1cccc(O)c1)C(=O)N[C@@H](CCC(=O)C=N)C(=O)NCc1ccccc1. The first kappa shape index (κ1) is 25.3. The summed E-state index contributed by atoms with van der Waals surface area (Å²) in [4.78, 5) is 49.0. The number of nitrogens with one attached hydrogen (secondary N) is 4. The van der Waals surface area contributed by atoms with Crippen molar-refractivity contribution in [3.63, 3.8) is 0 Å². The number of phenols is 1. The van der Waals surface area contributed by atoms with Crippen LogP contribution in [-0.4, -0.2) is 46.9 Å². The van der Waals surface area contributed by atoms with E-state index in [9.17, 15) is 24.3 Å². The van der Waals surface area contributed by atoms with E-state index in [0.717, 1.165) is 5.56 Å². The van der Waals surface area contributed by atoms with Crippen molar-refractivity contribution in [1.29, 1.82) is 5.41 Å². The highest BCUT2D eigenvalue weighted by molar-refractivity contribution is 6.26. The van der Waals surface area contributed by atoms with Gasteiger partial charge in [0.05, 0.1) is 6.21 Å². The Labute approximate surface area is 192 Å². The Kier molecular flexibility index (Phi) is 9.76. The van der Waals surface area contributed by atoms with Gasteiger partial charge >= 0.3 is 0 Å². The first-order valence-corrected chi connectivity index (χ1v) is 10.5. The number of carbonyl (C=O) groups excluding carboxylic acids is 4. The Morgan fingerprint density at radius 2 is 1.64 bits per heavy atom. The molecule has 3 amide bonds. The van der Waals surface area contributed by atoms with Gasteiger partial charge in [-0.2, -0.15) is 0 Å². The van der Waals surface area contributed by atoms with Crippen LogP contribution in [0.5, 0.6) is 5.75 Å². The van der Waals surface area contributed by atoms with Gasteiger partial charge in [-0.15, -0.1) is 0 Å². The van der Waals surface area contributed by atoms with Crippen LogP contribution in [0.2, 0.25) is 0 Å². The van der Waals surface area contributed by atoms with E-state index in [1.807, 2.05) is 30.3 Å². The zero-order chi connectivity index (χ0) is 24.2. The summed E-state index contributed by atoms with van der Waals surface area (Å²) in [6.07, 6.45) is 0.671. The van der Waals surface area contributed by atoms with Crippen molar-refractivity contribution >= 4 is 29.7 Å². The van der Waals surface area contributed by atoms with Crippen LogP contribution in [0.1, 0.15) is 30.9 Å². The van der Waals surface area contributed by atoms with Crippen LogP contribution in [-0.2, 0) is 32.1 Å². The van der Waals surface area contributed by atoms with Crippen molar-refractivity contribution in [2.75, 3.05) is 0 Å². The molecular formula is C24H28N4O5. The van der Waals surface area contributed by atoms with E-state index in [1.54, 1.807) is 12.1 Å². The lowest BCUT2D eigenvalue weighted by Gasteiger charge is -2.23. The number of carbonyl (C=O) groups is 4. The summed E-state index contributed by atoms with van der Waals surface area (Å²) in [5.41, 5.74) is 1.49. The maximum Gasteiger partial charge on any atom is 0.243 e. The second-order valence-corrected chi connectivity index (χ2v) is 7.54. The van der Waals surface area contributed by atoms with Crippen molar-refractivity contribution in [2.24, 2.45) is 0 Å². The molecule has 0 heterocycles. The van der Waals surface area contributed by atoms with Gasteiger partial charge in [0.25, 0.3) is 0 Å². The van der Waals surface area contributed by atoms with Crippen molar-refractivity contribution < 1.29 is 24.3 Å². The van der Waals surface area contributed by atoms with Crippen LogP contribution in [0, 0.1) is 5.41 Å². The van der Waals surface area contributed by atoms with Gasteiger partial charge in [-0.1, -0.05) is 42.5 Å². The van der Waals surface area contributed by atoms with Gasteiger partial charge in [0.2, 0.25) is 17.7 Å². The van der Waals surface area contributed by atoms with Gasteiger partial charge in [0.1, 0.15) is 17.8 Å². The molecule has 0 saturated heterocycles. The number of ketones is 1. The summed E-state index contributed by atoms with van der Waals surface area (Å²) in [5, 5.41) is 24.6. The third kappa shape index (κ3) is 8.94. The van der Waals surface area contributed by atoms with Crippen LogP contribution in [0.25, 0.3) is 0 Å². The fourth-order valence-corrected chi connectivity index (χ4v) is 3.18. The fourth-order valence-electron chi connectivity index (χ4n) is 3.18. The third-order valence-electron chi connectivity index (χ3n) is 4.83. The largest absolute Gasteiger partial charge is 0.508 e. The van der Waals surface area contributed by atoms with Gasteiger partial charge in [-0.25, -0.2) is 0 Å². The highest BCUT2D eigenvalue weighted by Crippen LogP contribution is 2.13. The van der Waals surface area contributed by atoms with E-state index >= 15 is 0 Å². The van der Waals surface area contributed by atoms with Crippen molar-refractivity contribution in [3.05, 3.63) is 65.7 Å². The molecular weight excluding hydrogens is 424 g/mol. The van der Waals surface area contributed by atoms with Crippen molar-refractivity contribution in [3.8, 4) is 5.75 Å². The van der Waals surface area contributed by atoms with E-state index < -0.39 is 35.6 Å². The van der Waals surface area contributed by atoms with Crippen LogP contribution >= 0.6 is 0 Å². The van der Waals surface area contributed by atoms with Crippen molar-refractivity contribution in [1.82, 2.24) is 16.0 Å². The van der Waals surface area contributed by atoms with Crippen LogP contribution in [0.3, 0.4) is 0 Å². The molecule has 2 aromatic carbocycles. The summed E-state index contributed by atoms with van der Waals surface area (Å²) >= 11 is 0. The molecule has 0 bridgehead atoms. The maximum atomic E-state index is 13.0. The second-order valence-electron chi connectivity index (χ2n) is 7.54. The predicted octanol–water partition coefficient (Wildman–Crippen LogP) is 1.24. The number of amides is 3. The first-order valence-electron chi connectivity index (χ1n) is 10.5. The molecule has 0 aliphatic carbocycles. The number of benzene rings is 2. The molecule has 2 rings (SSSR count). The van der Waals surface area contributed by atoms with Gasteiger partial charge in [0, 0.05) is 26.3 Å². The topological polar surface area (TPSA) is 148 Å². The molecule has 33 heavy (non-hydrogen) atoms. The molecule has 174 valence electrons. The Morgan fingerprint density at radius 1 is 0.939 bits per heavy atom. The summed E-state index contributed by atoms with van der Waals surface area (Å²) in [6, 6.07) is 13.5. The summed E-state index contributed by atoms with van der Waals surface area (Å²) in [5.74, 6) is -1.96. The minimum Gasteiger partial charge on any atom is -0.508 e. The van der Waals surface area contributed by atoms with E-state index in [-0.39, 0.29) is 31.6 Å². The highest BCUT2D eigenvalue weighted by Gasteiger charge is 2.27. The molecule has 0 aromatic heterocycles. The molecule has 9 nitrogen and oxygen atoms in total. The smallest absolute Gasteiger partial charge is 0.243 e. The van der Waals surface area contributed by atoms with Gasteiger partial charge in [-0.05, 0) is 29.7 Å². The van der Waals surface area contributed by atoms with E-state index in [0.29, 0.717) is 11.8 Å². The Bertz CT molecular complexity index is 993. The minimum atomic E-state index is -1.04. The molecule has 0 aliphatic heterocycles. The van der Waals surface area contributed by atoms with Gasteiger partial charge < -0.3 is 26.5 Å². The highest BCUT2D eigenvalue weighted by atomic mass is 16.3. The van der Waals surface area contributed by atoms with Crippen molar-refractivity contribution in [2.45, 2.75) is 44.8 Å². The lowest BCUT2D eigenvalue weighted by atomic mass is 10.0. The Hall–Kier alpha value is -4.01. The second kappa shape index (κ2) is 12.7. The molecule has 0 unspecified atom stereocenters. The summed E-state index contributed by atoms with van der Waals surface area (Å²) in [6.45, 7) is 1.51. The number of aromatic hydroxyl groups is 1. The normalized spacial score (nSPS) is 12.2. The molecule has 0 saturated carbocycles. The Morgan fingerprint density at radius 3 is 2.27 bits per heavy atom. The number of hydrogen-bond donors (Lipinski definition) is 5. The maximum absolute atomic E-state index is 13.0. The average molecular weight is 453 g/mol. The van der Waals surface area contributed by atoms with E-state index in [1.165, 1.54) is 19.1 Å². The Balaban J connectivity index is 2.12. The fraction of sp³-hybridized carbons (Fsp3) is 0.292. The molecule has 0 aliphatic rings. The number of hydrogen-bond acceptors (Lipinski definition) is 6. The zero-order valence-electron chi connectivity index (χ0n) is 18.3. The standard InChI is InChI=1S/C24H28N4O5/c1-16(29)27-22(13-18-8-5-9-19(30)12-18)24(33)28-21(11-10-20(31)14-25)23(32)26-15-17-6-3-2-4-7-17/h2-9,12,14,21-22,25,30H,10-11,13,15H2,1H3,(H,26,32)(H,27,29)(H,28,33)/t21-,22-/m0/s1. The predicted molar refractivity (Wildman–Crippen MR) is 123 cm³/mol. The number of Topliss-reactive ketones (excluding diaryl/α,β-unsaturated/α-hetero) is 1. The van der Waals surface area contributed by atoms with Crippen LogP contribution in [0.4, 0.5) is 0 Å². The zero-order valence-corrected chi connectivity index (χ0v) is 18.3. The number of phenolic OH excluding ortho intramolecular Hbond substituents is 1. The van der Waals surface area contributed by atoms with Gasteiger partial charge in [-0.3, -0.25) is 19.2 Å². The molecule has 0 spiro atoms. The molecule has 0 radical (unpaired) electrons.